The number of alkyl halides is 5. The Morgan fingerprint density at radius 3 is 1.92 bits per heavy atom. The third kappa shape index (κ3) is 3.06. The lowest BCUT2D eigenvalue weighted by Gasteiger charge is -2.42. The lowest BCUT2D eigenvalue weighted by Crippen LogP contribution is -2.62. The van der Waals surface area contributed by atoms with Crippen LogP contribution in [0, 0.1) is 5.41 Å². The molecule has 140 valence electrons. The number of halogens is 5. The Hall–Kier alpha value is -1.50. The average Bonchev–Trinajstić information content (AvgIpc) is 2.46. The maximum Gasteiger partial charge on any atom is 0.523 e. The minimum absolute atomic E-state index is 0.405. The second-order valence-corrected chi connectivity index (χ2v) is 6.45. The molecule has 1 unspecified atom stereocenters. The van der Waals surface area contributed by atoms with Gasteiger partial charge < -0.3 is 9.47 Å². The van der Waals surface area contributed by atoms with Crippen LogP contribution >= 0.6 is 0 Å². The molecule has 0 aromatic rings. The predicted molar refractivity (Wildman–Crippen MR) is 65.1 cm³/mol. The molecule has 1 fully saturated rings. The van der Waals surface area contributed by atoms with Crippen LogP contribution < -0.4 is 0 Å². The van der Waals surface area contributed by atoms with Crippen LogP contribution in [0.1, 0.15) is 19.3 Å². The minimum atomic E-state index is -6.37. The average molecular weight is 384 g/mol. The van der Waals surface area contributed by atoms with Gasteiger partial charge in [-0.3, -0.25) is 13.8 Å². The van der Waals surface area contributed by atoms with Crippen molar-refractivity contribution in [2.45, 2.75) is 36.8 Å². The lowest BCUT2D eigenvalue weighted by molar-refractivity contribution is -0.230. The van der Waals surface area contributed by atoms with Gasteiger partial charge in [-0.2, -0.15) is 21.6 Å². The van der Waals surface area contributed by atoms with Crippen molar-refractivity contribution < 1.29 is 53.6 Å². The zero-order valence-corrected chi connectivity index (χ0v) is 13.2. The SMILES string of the molecule is COC(=O)C1(C(=O)OC)CCCC(OS(=O)(=O)C(F)(F)F)C1(F)F. The number of hydrogen-bond acceptors (Lipinski definition) is 7. The van der Waals surface area contributed by atoms with E-state index in [0.29, 0.717) is 14.2 Å². The number of carbonyl (C=O) groups is 2. The first-order valence-electron chi connectivity index (χ1n) is 6.32. The van der Waals surface area contributed by atoms with Crippen LogP contribution in [0.3, 0.4) is 0 Å². The molecule has 0 N–H and O–H groups in total. The highest BCUT2D eigenvalue weighted by Crippen LogP contribution is 2.51. The molecular formula is C11H13F5O7S. The molecule has 0 radical (unpaired) electrons. The van der Waals surface area contributed by atoms with Gasteiger partial charge in [0.2, 0.25) is 5.41 Å². The van der Waals surface area contributed by atoms with E-state index in [4.69, 9.17) is 0 Å². The lowest BCUT2D eigenvalue weighted by atomic mass is 9.69. The second-order valence-electron chi connectivity index (χ2n) is 4.89. The van der Waals surface area contributed by atoms with Crippen molar-refractivity contribution in [3.05, 3.63) is 0 Å². The van der Waals surface area contributed by atoms with Gasteiger partial charge in [0, 0.05) is 0 Å². The van der Waals surface area contributed by atoms with Crippen molar-refractivity contribution in [2.75, 3.05) is 14.2 Å². The van der Waals surface area contributed by atoms with Gasteiger partial charge in [0.25, 0.3) is 0 Å². The second kappa shape index (κ2) is 6.43. The molecule has 1 saturated carbocycles. The summed E-state index contributed by atoms with van der Waals surface area (Å²) in [6.45, 7) is 0. The number of ether oxygens (including phenoxy) is 2. The maximum atomic E-state index is 14.6. The fourth-order valence-corrected chi connectivity index (χ4v) is 3.03. The molecule has 0 heterocycles. The van der Waals surface area contributed by atoms with Crippen molar-refractivity contribution in [3.63, 3.8) is 0 Å². The summed E-state index contributed by atoms with van der Waals surface area (Å²) < 4.78 is 100. The molecule has 0 saturated heterocycles. The number of rotatable bonds is 4. The Kier molecular flexibility index (Phi) is 5.50. The van der Waals surface area contributed by atoms with E-state index >= 15 is 0 Å². The first-order valence-corrected chi connectivity index (χ1v) is 7.73. The van der Waals surface area contributed by atoms with Crippen molar-refractivity contribution in [1.29, 1.82) is 0 Å². The molecule has 0 aliphatic heterocycles. The predicted octanol–water partition coefficient (Wildman–Crippen LogP) is 1.37. The fourth-order valence-electron chi connectivity index (χ4n) is 2.40. The Balaban J connectivity index is 3.38. The molecular weight excluding hydrogens is 371 g/mol. The van der Waals surface area contributed by atoms with Gasteiger partial charge in [-0.25, -0.2) is 8.78 Å². The summed E-state index contributed by atoms with van der Waals surface area (Å²) in [5, 5.41) is 0. The van der Waals surface area contributed by atoms with E-state index in [9.17, 15) is 40.0 Å². The van der Waals surface area contributed by atoms with Gasteiger partial charge in [-0.1, -0.05) is 0 Å². The molecule has 0 amide bonds. The van der Waals surface area contributed by atoms with E-state index in [1.165, 1.54) is 0 Å². The van der Waals surface area contributed by atoms with Crippen LogP contribution in [0.5, 0.6) is 0 Å². The van der Waals surface area contributed by atoms with Gasteiger partial charge in [-0.15, -0.1) is 0 Å². The van der Waals surface area contributed by atoms with Crippen molar-refractivity contribution in [2.24, 2.45) is 5.41 Å². The molecule has 0 bridgehead atoms. The molecule has 7 nitrogen and oxygen atoms in total. The smallest absolute Gasteiger partial charge is 0.468 e. The molecule has 0 spiro atoms. The van der Waals surface area contributed by atoms with E-state index in [0.717, 1.165) is 0 Å². The fraction of sp³-hybridized carbons (Fsp3) is 0.818. The molecule has 1 rings (SSSR count). The summed E-state index contributed by atoms with van der Waals surface area (Å²) in [5.74, 6) is -8.15. The first-order chi connectivity index (χ1) is 10.8. The Morgan fingerprint density at radius 1 is 1.08 bits per heavy atom. The summed E-state index contributed by atoms with van der Waals surface area (Å²) in [4.78, 5) is 23.6. The van der Waals surface area contributed by atoms with Crippen LogP contribution in [-0.2, 0) is 33.4 Å². The van der Waals surface area contributed by atoms with E-state index in [2.05, 4.69) is 13.7 Å². The first kappa shape index (κ1) is 20.5. The largest absolute Gasteiger partial charge is 0.523 e. The van der Waals surface area contributed by atoms with Crippen molar-refractivity contribution in [1.82, 2.24) is 0 Å². The zero-order valence-electron chi connectivity index (χ0n) is 12.4. The highest BCUT2D eigenvalue weighted by molar-refractivity contribution is 7.87. The van der Waals surface area contributed by atoms with Crippen LogP contribution in [0.4, 0.5) is 22.0 Å². The molecule has 1 aliphatic carbocycles. The van der Waals surface area contributed by atoms with E-state index in [-0.39, 0.29) is 0 Å². The minimum Gasteiger partial charge on any atom is -0.468 e. The maximum absolute atomic E-state index is 14.6. The van der Waals surface area contributed by atoms with Gasteiger partial charge in [0.05, 0.1) is 14.2 Å². The molecule has 24 heavy (non-hydrogen) atoms. The van der Waals surface area contributed by atoms with Crippen LogP contribution in [0.2, 0.25) is 0 Å². The highest BCUT2D eigenvalue weighted by Gasteiger charge is 2.72. The standard InChI is InChI=1S/C11H13F5O7S/c1-21-7(17)9(8(18)22-2)5-3-4-6(10(9,12)13)23-24(19,20)11(14,15)16/h6H,3-5H2,1-2H3. The summed E-state index contributed by atoms with van der Waals surface area (Å²) in [6, 6.07) is 0. The summed E-state index contributed by atoms with van der Waals surface area (Å²) in [5.41, 5.74) is -9.25. The number of hydrogen-bond donors (Lipinski definition) is 0. The third-order valence-electron chi connectivity index (χ3n) is 3.59. The summed E-state index contributed by atoms with van der Waals surface area (Å²) >= 11 is 0. The van der Waals surface area contributed by atoms with Gasteiger partial charge >= 0.3 is 33.5 Å². The topological polar surface area (TPSA) is 96.0 Å². The summed E-state index contributed by atoms with van der Waals surface area (Å²) in [6.07, 6.45) is -4.95. The zero-order chi connectivity index (χ0) is 19.0. The van der Waals surface area contributed by atoms with Gasteiger partial charge in [-0.05, 0) is 19.3 Å². The number of esters is 2. The number of methoxy groups -OCH3 is 2. The summed E-state index contributed by atoms with van der Waals surface area (Å²) in [7, 11) is -5.01. The van der Waals surface area contributed by atoms with E-state index < -0.39 is 64.3 Å². The van der Waals surface area contributed by atoms with Crippen molar-refractivity contribution >= 4 is 22.1 Å². The molecule has 1 atom stereocenters. The van der Waals surface area contributed by atoms with Crippen LogP contribution in [0.25, 0.3) is 0 Å². The van der Waals surface area contributed by atoms with Gasteiger partial charge in [0.15, 0.2) is 0 Å². The Bertz CT molecular complexity index is 597. The monoisotopic (exact) mass is 384 g/mol. The van der Waals surface area contributed by atoms with Crippen molar-refractivity contribution in [3.8, 4) is 0 Å². The highest BCUT2D eigenvalue weighted by atomic mass is 32.2. The van der Waals surface area contributed by atoms with E-state index in [1.54, 1.807) is 0 Å². The number of carbonyl (C=O) groups excluding carboxylic acids is 2. The molecule has 0 aromatic carbocycles. The van der Waals surface area contributed by atoms with Crippen LogP contribution in [0.15, 0.2) is 0 Å². The molecule has 13 heteroatoms. The van der Waals surface area contributed by atoms with E-state index in [1.807, 2.05) is 0 Å². The Morgan fingerprint density at radius 2 is 1.54 bits per heavy atom. The molecule has 0 aromatic heterocycles. The third-order valence-corrected chi connectivity index (χ3v) is 4.64. The Labute approximate surface area is 133 Å². The molecule has 1 aliphatic rings. The quantitative estimate of drug-likeness (QED) is 0.237. The van der Waals surface area contributed by atoms with Gasteiger partial charge in [0.1, 0.15) is 6.10 Å². The van der Waals surface area contributed by atoms with Crippen LogP contribution in [-0.4, -0.2) is 52.1 Å². The normalized spacial score (nSPS) is 23.4.